The van der Waals surface area contributed by atoms with Crippen molar-refractivity contribution in [1.29, 1.82) is 0 Å². The van der Waals surface area contributed by atoms with Gasteiger partial charge >= 0.3 is 0 Å². The Balaban J connectivity index is 2.82. The zero-order valence-electron chi connectivity index (χ0n) is 11.7. The number of methoxy groups -OCH3 is 1. The highest BCUT2D eigenvalue weighted by atomic mass is 19.1. The molecule has 0 bridgehead atoms. The van der Waals surface area contributed by atoms with E-state index >= 15 is 0 Å². The highest BCUT2D eigenvalue weighted by Crippen LogP contribution is 2.04. The van der Waals surface area contributed by atoms with Crippen molar-refractivity contribution in [2.45, 2.75) is 20.4 Å². The average Bonchev–Trinajstić information content (AvgIpc) is 2.45. The molecule has 0 radical (unpaired) electrons. The minimum atomic E-state index is -0.537. The molecule has 0 saturated carbocycles. The number of halogens is 1. The summed E-state index contributed by atoms with van der Waals surface area (Å²) in [7, 11) is 1.52. The molecule has 0 aliphatic carbocycles. The molecule has 20 heavy (non-hydrogen) atoms. The van der Waals surface area contributed by atoms with E-state index in [2.05, 4.69) is 15.0 Å². The summed E-state index contributed by atoms with van der Waals surface area (Å²) in [5.41, 5.74) is 13.1. The van der Waals surface area contributed by atoms with E-state index in [-0.39, 0.29) is 18.1 Å². The molecular formula is C13H18FN5O. The molecule has 0 amide bonds. The minimum absolute atomic E-state index is 0.166. The highest BCUT2D eigenvalue weighted by Gasteiger charge is 2.03. The molecule has 0 fully saturated rings. The van der Waals surface area contributed by atoms with Crippen molar-refractivity contribution in [2.75, 3.05) is 7.11 Å². The number of aliphatic imine (C=N–C) groups is 2. The predicted octanol–water partition coefficient (Wildman–Crippen LogP) is 1.33. The maximum Gasteiger partial charge on any atom is 0.212 e. The van der Waals surface area contributed by atoms with Crippen LogP contribution in [0.2, 0.25) is 0 Å². The van der Waals surface area contributed by atoms with Gasteiger partial charge in [-0.25, -0.2) is 9.98 Å². The number of nitrogens with zero attached hydrogens (tertiary/aromatic N) is 3. The molecule has 0 aliphatic heterocycles. The van der Waals surface area contributed by atoms with Crippen molar-refractivity contribution in [3.63, 3.8) is 0 Å². The van der Waals surface area contributed by atoms with Crippen LogP contribution in [0.1, 0.15) is 19.4 Å². The van der Waals surface area contributed by atoms with Gasteiger partial charge in [0.1, 0.15) is 5.84 Å². The second-order valence-corrected chi connectivity index (χ2v) is 4.02. The third kappa shape index (κ3) is 4.68. The van der Waals surface area contributed by atoms with E-state index in [1.54, 1.807) is 19.9 Å². The molecule has 4 N–H and O–H groups in total. The predicted molar refractivity (Wildman–Crippen MR) is 76.5 cm³/mol. The number of amidine groups is 1. The maximum absolute atomic E-state index is 12.6. The van der Waals surface area contributed by atoms with Crippen molar-refractivity contribution in [3.8, 4) is 0 Å². The SMILES string of the molecule is COC(C)=N/C(C)=C(/N)C(N)=NCc1ccc(F)nc1. The van der Waals surface area contributed by atoms with Crippen LogP contribution in [0.4, 0.5) is 4.39 Å². The van der Waals surface area contributed by atoms with E-state index in [0.717, 1.165) is 5.56 Å². The molecule has 0 aliphatic rings. The summed E-state index contributed by atoms with van der Waals surface area (Å²) in [6, 6.07) is 2.84. The Morgan fingerprint density at radius 1 is 1.35 bits per heavy atom. The van der Waals surface area contributed by atoms with Crippen LogP contribution in [0, 0.1) is 5.95 Å². The number of hydrogen-bond donors (Lipinski definition) is 2. The van der Waals surface area contributed by atoms with Crippen LogP contribution >= 0.6 is 0 Å². The Hall–Kier alpha value is -2.44. The molecule has 1 heterocycles. The summed E-state index contributed by atoms with van der Waals surface area (Å²) in [6.07, 6.45) is 1.39. The summed E-state index contributed by atoms with van der Waals surface area (Å²) in [6.45, 7) is 3.67. The lowest BCUT2D eigenvalue weighted by atomic mass is 10.3. The maximum atomic E-state index is 12.6. The first-order chi connectivity index (χ1) is 9.43. The highest BCUT2D eigenvalue weighted by molar-refractivity contribution is 5.97. The number of pyridine rings is 1. The fourth-order valence-electron chi connectivity index (χ4n) is 1.29. The van der Waals surface area contributed by atoms with E-state index < -0.39 is 5.95 Å². The van der Waals surface area contributed by atoms with Crippen LogP contribution in [-0.4, -0.2) is 23.8 Å². The third-order valence-electron chi connectivity index (χ3n) is 2.51. The summed E-state index contributed by atoms with van der Waals surface area (Å²) in [4.78, 5) is 11.8. The smallest absolute Gasteiger partial charge is 0.212 e. The molecule has 1 rings (SSSR count). The van der Waals surface area contributed by atoms with E-state index in [0.29, 0.717) is 11.6 Å². The zero-order chi connectivity index (χ0) is 15.1. The summed E-state index contributed by atoms with van der Waals surface area (Å²) >= 11 is 0. The van der Waals surface area contributed by atoms with Gasteiger partial charge in [-0.1, -0.05) is 6.07 Å². The molecule has 1 aromatic rings. The second kappa shape index (κ2) is 7.22. The molecule has 0 unspecified atom stereocenters. The molecular weight excluding hydrogens is 261 g/mol. The molecule has 0 spiro atoms. The van der Waals surface area contributed by atoms with Crippen molar-refractivity contribution in [1.82, 2.24) is 4.98 Å². The molecule has 0 atom stereocenters. The molecule has 0 aromatic carbocycles. The number of aromatic nitrogens is 1. The standard InChI is InChI=1S/C13H18FN5O/c1-8(19-9(2)20-3)12(15)13(16)18-7-10-4-5-11(14)17-6-10/h4-6H,7,15H2,1-3H3,(H2,16,18)/b12-8+,19-9?. The van der Waals surface area contributed by atoms with Gasteiger partial charge in [-0.3, -0.25) is 4.99 Å². The van der Waals surface area contributed by atoms with Gasteiger partial charge in [0.2, 0.25) is 5.95 Å². The minimum Gasteiger partial charge on any atom is -0.484 e. The van der Waals surface area contributed by atoms with Gasteiger partial charge in [0, 0.05) is 13.1 Å². The Morgan fingerprint density at radius 2 is 2.05 bits per heavy atom. The van der Waals surface area contributed by atoms with Crippen molar-refractivity contribution >= 4 is 11.7 Å². The number of nitrogens with two attached hydrogens (primary N) is 2. The van der Waals surface area contributed by atoms with Crippen LogP contribution < -0.4 is 11.5 Å². The molecule has 108 valence electrons. The molecule has 1 aromatic heterocycles. The van der Waals surface area contributed by atoms with Gasteiger partial charge in [-0.2, -0.15) is 4.39 Å². The lowest BCUT2D eigenvalue weighted by Gasteiger charge is -2.05. The van der Waals surface area contributed by atoms with Crippen LogP contribution in [0.5, 0.6) is 0 Å². The van der Waals surface area contributed by atoms with Gasteiger partial charge in [-0.05, 0) is 18.6 Å². The summed E-state index contributed by atoms with van der Waals surface area (Å²) < 4.78 is 17.6. The van der Waals surface area contributed by atoms with Crippen molar-refractivity contribution in [2.24, 2.45) is 21.5 Å². The first-order valence-corrected chi connectivity index (χ1v) is 5.90. The number of ether oxygens (including phenoxy) is 1. The first-order valence-electron chi connectivity index (χ1n) is 5.90. The summed E-state index contributed by atoms with van der Waals surface area (Å²) in [5, 5.41) is 0. The number of allylic oxidation sites excluding steroid dienone is 1. The van der Waals surface area contributed by atoms with Gasteiger partial charge in [0.15, 0.2) is 5.90 Å². The van der Waals surface area contributed by atoms with Crippen molar-refractivity contribution < 1.29 is 9.13 Å². The monoisotopic (exact) mass is 279 g/mol. The molecule has 6 nitrogen and oxygen atoms in total. The topological polar surface area (TPSA) is 98.9 Å². The quantitative estimate of drug-likeness (QED) is 0.493. The zero-order valence-corrected chi connectivity index (χ0v) is 11.7. The second-order valence-electron chi connectivity index (χ2n) is 4.02. The van der Waals surface area contributed by atoms with E-state index in [1.165, 1.54) is 19.4 Å². The Morgan fingerprint density at radius 3 is 2.60 bits per heavy atom. The first kappa shape index (κ1) is 15.6. The largest absolute Gasteiger partial charge is 0.484 e. The van der Waals surface area contributed by atoms with E-state index in [9.17, 15) is 4.39 Å². The van der Waals surface area contributed by atoms with Gasteiger partial charge in [-0.15, -0.1) is 0 Å². The fourth-order valence-corrected chi connectivity index (χ4v) is 1.29. The number of rotatable bonds is 4. The van der Waals surface area contributed by atoms with Crippen LogP contribution in [0.15, 0.2) is 39.7 Å². The molecule has 7 heteroatoms. The third-order valence-corrected chi connectivity index (χ3v) is 2.51. The average molecular weight is 279 g/mol. The van der Waals surface area contributed by atoms with E-state index in [1.807, 2.05) is 0 Å². The lowest BCUT2D eigenvalue weighted by Crippen LogP contribution is -2.22. The normalized spacial score (nSPS) is 14.0. The van der Waals surface area contributed by atoms with Gasteiger partial charge in [0.05, 0.1) is 25.0 Å². The van der Waals surface area contributed by atoms with Crippen LogP contribution in [0.25, 0.3) is 0 Å². The number of hydrogen-bond acceptors (Lipinski definition) is 5. The van der Waals surface area contributed by atoms with Crippen LogP contribution in [0.3, 0.4) is 0 Å². The Kier molecular flexibility index (Phi) is 5.64. The van der Waals surface area contributed by atoms with Gasteiger partial charge in [0.25, 0.3) is 0 Å². The van der Waals surface area contributed by atoms with Crippen molar-refractivity contribution in [3.05, 3.63) is 41.2 Å². The molecule has 0 saturated heterocycles. The van der Waals surface area contributed by atoms with Gasteiger partial charge < -0.3 is 16.2 Å². The van der Waals surface area contributed by atoms with E-state index in [4.69, 9.17) is 16.2 Å². The van der Waals surface area contributed by atoms with Crippen LogP contribution in [-0.2, 0) is 11.3 Å². The summed E-state index contributed by atoms with van der Waals surface area (Å²) in [5.74, 6) is 0.103. The Labute approximate surface area is 117 Å². The fraction of sp³-hybridized carbons (Fsp3) is 0.308. The Bertz CT molecular complexity index is 548. The lowest BCUT2D eigenvalue weighted by molar-refractivity contribution is 0.399.